The van der Waals surface area contributed by atoms with Gasteiger partial charge < -0.3 is 10.1 Å². The molecule has 0 radical (unpaired) electrons. The summed E-state index contributed by atoms with van der Waals surface area (Å²) in [5.74, 6) is 0.604. The molecular weight excluding hydrogens is 436 g/mol. The fraction of sp³-hybridized carbons (Fsp3) is 0.136. The van der Waals surface area contributed by atoms with Crippen molar-refractivity contribution in [1.29, 1.82) is 0 Å². The van der Waals surface area contributed by atoms with Crippen molar-refractivity contribution >= 4 is 23.4 Å². The van der Waals surface area contributed by atoms with E-state index in [0.29, 0.717) is 17.3 Å². The number of hydrogen-bond donors (Lipinski definition) is 1. The third kappa shape index (κ3) is 5.52. The van der Waals surface area contributed by atoms with Gasteiger partial charge in [-0.05, 0) is 42.0 Å². The Morgan fingerprint density at radius 1 is 1.00 bits per heavy atom. The number of rotatable bonds is 9. The first-order valence-electron chi connectivity index (χ1n) is 9.68. The topological polar surface area (TPSA) is 74.0 Å². The molecule has 0 saturated heterocycles. The molecule has 10 heteroatoms. The fourth-order valence-corrected chi connectivity index (χ4v) is 3.76. The van der Waals surface area contributed by atoms with Crippen LogP contribution in [0, 0.1) is 0 Å². The first-order chi connectivity index (χ1) is 15.6. The van der Waals surface area contributed by atoms with Gasteiger partial charge >= 0.3 is 6.61 Å². The van der Waals surface area contributed by atoms with Crippen LogP contribution in [0.4, 0.5) is 14.5 Å². The third-order valence-corrected chi connectivity index (χ3v) is 5.32. The van der Waals surface area contributed by atoms with E-state index < -0.39 is 6.61 Å². The van der Waals surface area contributed by atoms with Crippen molar-refractivity contribution in [2.24, 2.45) is 0 Å². The number of hydrogen-bond acceptors (Lipinski definition) is 5. The number of halogens is 2. The van der Waals surface area contributed by atoms with Crippen molar-refractivity contribution in [2.45, 2.75) is 18.2 Å². The molecule has 0 aliphatic heterocycles. The van der Waals surface area contributed by atoms with E-state index in [-0.39, 0.29) is 17.4 Å². The Balaban J connectivity index is 1.43. The molecule has 1 N–H and O–H groups in total. The van der Waals surface area contributed by atoms with E-state index in [9.17, 15) is 13.6 Å². The number of amides is 1. The molecule has 4 aromatic rings. The molecule has 0 unspecified atom stereocenters. The van der Waals surface area contributed by atoms with Crippen molar-refractivity contribution in [2.75, 3.05) is 11.1 Å². The number of benzene rings is 2. The second kappa shape index (κ2) is 10.1. The zero-order valence-electron chi connectivity index (χ0n) is 16.8. The van der Waals surface area contributed by atoms with E-state index in [0.717, 1.165) is 11.4 Å². The van der Waals surface area contributed by atoms with Gasteiger partial charge in [0.2, 0.25) is 11.1 Å². The maximum absolute atomic E-state index is 12.4. The number of carbonyl (C=O) groups is 1. The number of anilines is 1. The van der Waals surface area contributed by atoms with Crippen molar-refractivity contribution in [1.82, 2.24) is 19.5 Å². The van der Waals surface area contributed by atoms with Gasteiger partial charge in [0.05, 0.1) is 5.75 Å². The van der Waals surface area contributed by atoms with Crippen LogP contribution in [0.15, 0.2) is 84.3 Å². The molecule has 0 spiro atoms. The van der Waals surface area contributed by atoms with E-state index in [4.69, 9.17) is 0 Å². The SMILES string of the molecule is O=C(CSc1nnc(Cc2ccccc2)n1-n1cccc1)Nc1ccc(OC(F)F)cc1. The number of ether oxygens (including phenoxy) is 1. The summed E-state index contributed by atoms with van der Waals surface area (Å²) in [5, 5.41) is 11.9. The lowest BCUT2D eigenvalue weighted by atomic mass is 10.1. The fourth-order valence-electron chi connectivity index (χ4n) is 3.01. The van der Waals surface area contributed by atoms with Gasteiger partial charge in [0, 0.05) is 24.5 Å². The first-order valence-corrected chi connectivity index (χ1v) is 10.7. The Kier molecular flexibility index (Phi) is 6.81. The predicted octanol–water partition coefficient (Wildman–Crippen LogP) is 4.31. The van der Waals surface area contributed by atoms with Crippen LogP contribution >= 0.6 is 11.8 Å². The van der Waals surface area contributed by atoms with Gasteiger partial charge in [0.1, 0.15) is 5.75 Å². The standard InChI is InChI=1S/C22H19F2N5O2S/c23-21(24)31-18-10-8-17(9-11-18)25-20(30)15-32-22-27-26-19(14-16-6-2-1-3-7-16)29(22)28-12-4-5-13-28/h1-13,21H,14-15H2,(H,25,30). The molecule has 7 nitrogen and oxygen atoms in total. The minimum absolute atomic E-state index is 0.0261. The Morgan fingerprint density at radius 3 is 2.41 bits per heavy atom. The summed E-state index contributed by atoms with van der Waals surface area (Å²) >= 11 is 1.25. The van der Waals surface area contributed by atoms with Gasteiger partial charge in [-0.2, -0.15) is 8.78 Å². The molecular formula is C22H19F2N5O2S. The Hall–Kier alpha value is -3.66. The van der Waals surface area contributed by atoms with E-state index in [1.807, 2.05) is 64.2 Å². The van der Waals surface area contributed by atoms with Gasteiger partial charge in [-0.15, -0.1) is 10.2 Å². The van der Waals surface area contributed by atoms with Gasteiger partial charge in [0.25, 0.3) is 0 Å². The summed E-state index contributed by atoms with van der Waals surface area (Å²) in [6, 6.07) is 19.5. The second-order valence-corrected chi connectivity index (χ2v) is 7.62. The largest absolute Gasteiger partial charge is 0.435 e. The number of thioether (sulfide) groups is 1. The summed E-state index contributed by atoms with van der Waals surface area (Å²) in [6.45, 7) is -2.89. The minimum atomic E-state index is -2.89. The zero-order chi connectivity index (χ0) is 22.3. The van der Waals surface area contributed by atoms with Crippen LogP contribution in [-0.4, -0.2) is 37.8 Å². The highest BCUT2D eigenvalue weighted by Gasteiger charge is 2.16. The van der Waals surface area contributed by atoms with Crippen molar-refractivity contribution < 1.29 is 18.3 Å². The predicted molar refractivity (Wildman–Crippen MR) is 117 cm³/mol. The maximum atomic E-state index is 12.4. The molecule has 164 valence electrons. The van der Waals surface area contributed by atoms with E-state index in [1.54, 1.807) is 0 Å². The van der Waals surface area contributed by atoms with Crippen LogP contribution in [0.3, 0.4) is 0 Å². The molecule has 1 amide bonds. The van der Waals surface area contributed by atoms with Gasteiger partial charge in [0.15, 0.2) is 5.82 Å². The van der Waals surface area contributed by atoms with Crippen LogP contribution in [0.2, 0.25) is 0 Å². The number of aromatic nitrogens is 4. The number of alkyl halides is 2. The van der Waals surface area contributed by atoms with Crippen molar-refractivity contribution in [3.63, 3.8) is 0 Å². The van der Waals surface area contributed by atoms with Crippen LogP contribution in [0.1, 0.15) is 11.4 Å². The molecule has 4 rings (SSSR count). The molecule has 32 heavy (non-hydrogen) atoms. The molecule has 0 fully saturated rings. The molecule has 2 aromatic heterocycles. The van der Waals surface area contributed by atoms with Crippen LogP contribution in [0.25, 0.3) is 0 Å². The van der Waals surface area contributed by atoms with Crippen molar-refractivity contribution in [3.05, 3.63) is 90.5 Å². The highest BCUT2D eigenvalue weighted by molar-refractivity contribution is 7.99. The number of carbonyl (C=O) groups excluding carboxylic acids is 1. The van der Waals surface area contributed by atoms with Crippen LogP contribution in [0.5, 0.6) is 5.75 Å². The van der Waals surface area contributed by atoms with Gasteiger partial charge in [-0.1, -0.05) is 42.1 Å². The smallest absolute Gasteiger partial charge is 0.387 e. The number of nitrogens with zero attached hydrogens (tertiary/aromatic N) is 4. The van der Waals surface area contributed by atoms with Gasteiger partial charge in [-0.3, -0.25) is 9.47 Å². The van der Waals surface area contributed by atoms with Gasteiger partial charge in [-0.25, -0.2) is 4.68 Å². The van der Waals surface area contributed by atoms with E-state index >= 15 is 0 Å². The minimum Gasteiger partial charge on any atom is -0.435 e. The molecule has 2 aromatic carbocycles. The highest BCUT2D eigenvalue weighted by atomic mass is 32.2. The van der Waals surface area contributed by atoms with Crippen molar-refractivity contribution in [3.8, 4) is 5.75 Å². The zero-order valence-corrected chi connectivity index (χ0v) is 17.6. The Bertz CT molecular complexity index is 1150. The molecule has 2 heterocycles. The summed E-state index contributed by atoms with van der Waals surface area (Å²) < 4.78 is 32.5. The lowest BCUT2D eigenvalue weighted by Crippen LogP contribution is -2.16. The summed E-state index contributed by atoms with van der Waals surface area (Å²) in [7, 11) is 0. The monoisotopic (exact) mass is 455 g/mol. The summed E-state index contributed by atoms with van der Waals surface area (Å²) in [4.78, 5) is 12.4. The average molecular weight is 455 g/mol. The first kappa shape index (κ1) is 21.6. The average Bonchev–Trinajstić information content (AvgIpc) is 3.44. The third-order valence-electron chi connectivity index (χ3n) is 4.40. The van der Waals surface area contributed by atoms with E-state index in [1.165, 1.54) is 36.0 Å². The van der Waals surface area contributed by atoms with Crippen LogP contribution < -0.4 is 10.1 Å². The lowest BCUT2D eigenvalue weighted by molar-refractivity contribution is -0.113. The molecule has 0 bridgehead atoms. The quantitative estimate of drug-likeness (QED) is 0.381. The number of nitrogens with one attached hydrogen (secondary N) is 1. The van der Waals surface area contributed by atoms with Crippen LogP contribution in [-0.2, 0) is 11.2 Å². The molecule has 0 saturated carbocycles. The Morgan fingerprint density at radius 2 is 1.72 bits per heavy atom. The summed E-state index contributed by atoms with van der Waals surface area (Å²) in [5.41, 5.74) is 1.58. The summed E-state index contributed by atoms with van der Waals surface area (Å²) in [6.07, 6.45) is 4.35. The molecule has 0 atom stereocenters. The molecule has 0 aliphatic rings. The maximum Gasteiger partial charge on any atom is 0.387 e. The highest BCUT2D eigenvalue weighted by Crippen LogP contribution is 2.21. The lowest BCUT2D eigenvalue weighted by Gasteiger charge is -2.11. The normalized spacial score (nSPS) is 11.0. The van der Waals surface area contributed by atoms with E-state index in [2.05, 4.69) is 20.3 Å². The Labute approximate surface area is 187 Å². The second-order valence-electron chi connectivity index (χ2n) is 6.68. The molecule has 0 aliphatic carbocycles.